The number of phenols is 2. The summed E-state index contributed by atoms with van der Waals surface area (Å²) in [4.78, 5) is 9.14. The topological polar surface area (TPSA) is 117 Å². The molecule has 206 valence electrons. The van der Waals surface area contributed by atoms with Crippen molar-refractivity contribution in [1.29, 1.82) is 0 Å². The van der Waals surface area contributed by atoms with Crippen molar-refractivity contribution in [3.05, 3.63) is 95.1 Å². The predicted molar refractivity (Wildman–Crippen MR) is 169 cm³/mol. The number of hydrogen-bond donors (Lipinski definition) is 4. The van der Waals surface area contributed by atoms with Crippen molar-refractivity contribution in [3.8, 4) is 22.6 Å². The number of hydrogen-bond acceptors (Lipinski definition) is 6. The van der Waals surface area contributed by atoms with Gasteiger partial charge in [0.05, 0.1) is 22.7 Å². The van der Waals surface area contributed by atoms with Crippen molar-refractivity contribution < 1.29 is 10.2 Å². The molecule has 6 N–H and O–H groups in total. The highest BCUT2D eigenvalue weighted by atomic mass is 16.3. The summed E-state index contributed by atoms with van der Waals surface area (Å²) in [5.74, 6) is 0.443. The van der Waals surface area contributed by atoms with E-state index in [-0.39, 0.29) is 22.3 Å². The third-order valence-electron chi connectivity index (χ3n) is 6.83. The first-order valence-corrected chi connectivity index (χ1v) is 13.3. The Balaban J connectivity index is 1.60. The number of nitrogen functional groups attached to an aromatic ring is 2. The number of aromatic hydroxyl groups is 2. The van der Waals surface area contributed by atoms with Crippen LogP contribution in [0, 0.1) is 0 Å². The Morgan fingerprint density at radius 1 is 0.575 bits per heavy atom. The lowest BCUT2D eigenvalue weighted by Gasteiger charge is -2.21. The van der Waals surface area contributed by atoms with Gasteiger partial charge < -0.3 is 21.7 Å². The van der Waals surface area contributed by atoms with Crippen LogP contribution in [0.3, 0.4) is 0 Å². The van der Waals surface area contributed by atoms with Crippen LogP contribution in [0.5, 0.6) is 11.5 Å². The fourth-order valence-corrected chi connectivity index (χ4v) is 4.51. The molecule has 0 bridgehead atoms. The Bertz CT molecular complexity index is 1610. The van der Waals surface area contributed by atoms with Gasteiger partial charge in [-0.25, -0.2) is 0 Å². The molecule has 0 unspecified atom stereocenters. The molecule has 0 atom stereocenters. The van der Waals surface area contributed by atoms with E-state index < -0.39 is 0 Å². The first kappa shape index (κ1) is 28.4. The van der Waals surface area contributed by atoms with Crippen molar-refractivity contribution in [2.24, 2.45) is 9.98 Å². The molecule has 4 aromatic rings. The van der Waals surface area contributed by atoms with Crippen LogP contribution in [-0.4, -0.2) is 22.6 Å². The molecule has 6 nitrogen and oxygen atoms in total. The minimum atomic E-state index is -0.195. The van der Waals surface area contributed by atoms with Crippen molar-refractivity contribution in [2.45, 2.75) is 52.4 Å². The van der Waals surface area contributed by atoms with Gasteiger partial charge in [-0.2, -0.15) is 0 Å². The Morgan fingerprint density at radius 3 is 1.55 bits per heavy atom. The van der Waals surface area contributed by atoms with Crippen LogP contribution >= 0.6 is 0 Å². The van der Waals surface area contributed by atoms with Crippen LogP contribution in [0.1, 0.15) is 63.8 Å². The molecule has 0 radical (unpaired) electrons. The third kappa shape index (κ3) is 6.18. The molecule has 0 aliphatic carbocycles. The van der Waals surface area contributed by atoms with Crippen LogP contribution in [-0.2, 0) is 10.8 Å². The summed E-state index contributed by atoms with van der Waals surface area (Å²) in [6.45, 7) is 12.3. The maximum atomic E-state index is 10.8. The SMILES string of the molecule is CC(C)(C)c1cccc(C=Nc2ccc(-c3ccc(N)c(N=Cc4cccc(C(C)(C)C)c4O)c3)cc2N)c1O. The van der Waals surface area contributed by atoms with Crippen LogP contribution in [0.25, 0.3) is 11.1 Å². The molecule has 0 amide bonds. The van der Waals surface area contributed by atoms with Crippen LogP contribution in [0.2, 0.25) is 0 Å². The van der Waals surface area contributed by atoms with E-state index >= 15 is 0 Å². The van der Waals surface area contributed by atoms with Crippen molar-refractivity contribution >= 4 is 35.2 Å². The number of anilines is 2. The van der Waals surface area contributed by atoms with E-state index in [9.17, 15) is 10.2 Å². The number of rotatable bonds is 5. The summed E-state index contributed by atoms with van der Waals surface area (Å²) < 4.78 is 0. The first-order valence-electron chi connectivity index (χ1n) is 13.3. The average Bonchev–Trinajstić information content (AvgIpc) is 2.87. The lowest BCUT2D eigenvalue weighted by Crippen LogP contribution is -2.11. The van der Waals surface area contributed by atoms with Gasteiger partial charge in [-0.1, -0.05) is 77.9 Å². The first-order chi connectivity index (χ1) is 18.8. The minimum absolute atomic E-state index is 0.187. The molecule has 0 aliphatic heterocycles. The van der Waals surface area contributed by atoms with Crippen molar-refractivity contribution in [1.82, 2.24) is 0 Å². The van der Waals surface area contributed by atoms with Gasteiger partial charge in [-0.15, -0.1) is 0 Å². The van der Waals surface area contributed by atoms with Crippen molar-refractivity contribution in [3.63, 3.8) is 0 Å². The number of nitrogens with zero attached hydrogens (tertiary/aromatic N) is 2. The molecule has 0 aliphatic rings. The summed E-state index contributed by atoms with van der Waals surface area (Å²) in [6.07, 6.45) is 3.27. The van der Waals surface area contributed by atoms with E-state index in [1.54, 1.807) is 18.5 Å². The maximum absolute atomic E-state index is 10.8. The summed E-state index contributed by atoms with van der Waals surface area (Å²) in [6, 6.07) is 22.6. The number of para-hydroxylation sites is 2. The Kier molecular flexibility index (Phi) is 7.74. The smallest absolute Gasteiger partial charge is 0.128 e. The lowest BCUT2D eigenvalue weighted by atomic mass is 9.85. The van der Waals surface area contributed by atoms with Crippen molar-refractivity contribution in [2.75, 3.05) is 11.5 Å². The Morgan fingerprint density at radius 2 is 1.05 bits per heavy atom. The van der Waals surface area contributed by atoms with E-state index in [4.69, 9.17) is 11.5 Å². The van der Waals surface area contributed by atoms with Crippen LogP contribution in [0.15, 0.2) is 82.8 Å². The quantitative estimate of drug-likeness (QED) is 0.153. The second-order valence-electron chi connectivity index (χ2n) is 12.1. The third-order valence-corrected chi connectivity index (χ3v) is 6.83. The fraction of sp³-hybridized carbons (Fsp3) is 0.235. The van der Waals surface area contributed by atoms with E-state index in [0.717, 1.165) is 22.3 Å². The second-order valence-corrected chi connectivity index (χ2v) is 12.1. The zero-order chi connectivity index (χ0) is 29.2. The molecule has 0 heterocycles. The zero-order valence-corrected chi connectivity index (χ0v) is 24.0. The molecule has 4 rings (SSSR count). The number of nitrogens with two attached hydrogens (primary N) is 2. The summed E-state index contributed by atoms with van der Waals surface area (Å²) in [5, 5.41) is 21.5. The molecule has 4 aromatic carbocycles. The van der Waals surface area contributed by atoms with Crippen LogP contribution < -0.4 is 11.5 Å². The van der Waals surface area contributed by atoms with Crippen LogP contribution in [0.4, 0.5) is 22.7 Å². The molecule has 0 spiro atoms. The normalized spacial score (nSPS) is 12.4. The Labute approximate surface area is 236 Å². The minimum Gasteiger partial charge on any atom is -0.507 e. The summed E-state index contributed by atoms with van der Waals surface area (Å²) >= 11 is 0. The Hall–Kier alpha value is -4.58. The largest absolute Gasteiger partial charge is 0.507 e. The van der Waals surface area contributed by atoms with E-state index in [0.29, 0.717) is 33.9 Å². The van der Waals surface area contributed by atoms with E-state index in [1.165, 1.54) is 0 Å². The zero-order valence-electron chi connectivity index (χ0n) is 24.0. The number of phenolic OH excluding ortho intramolecular Hbond substituents is 2. The molecule has 0 fully saturated rings. The van der Waals surface area contributed by atoms with Gasteiger partial charge in [-0.05, 0) is 69.5 Å². The molecule has 0 saturated carbocycles. The highest BCUT2D eigenvalue weighted by molar-refractivity contribution is 5.90. The number of aliphatic imine (C=N–C) groups is 2. The fourth-order valence-electron chi connectivity index (χ4n) is 4.51. The summed E-state index contributed by atoms with van der Waals surface area (Å²) in [7, 11) is 0. The van der Waals surface area contributed by atoms with Gasteiger partial charge in [0.25, 0.3) is 0 Å². The molecule has 0 aromatic heterocycles. The molecular formula is C34H38N4O2. The lowest BCUT2D eigenvalue weighted by molar-refractivity contribution is 0.445. The summed E-state index contributed by atoms with van der Waals surface area (Å²) in [5.41, 5.74) is 19.2. The molecular weight excluding hydrogens is 496 g/mol. The average molecular weight is 535 g/mol. The highest BCUT2D eigenvalue weighted by Crippen LogP contribution is 2.36. The predicted octanol–water partition coefficient (Wildman–Crippen LogP) is 8.03. The van der Waals surface area contributed by atoms with Gasteiger partial charge in [0.15, 0.2) is 0 Å². The van der Waals surface area contributed by atoms with E-state index in [1.807, 2.05) is 66.7 Å². The highest BCUT2D eigenvalue weighted by Gasteiger charge is 2.20. The maximum Gasteiger partial charge on any atom is 0.128 e. The molecule has 6 heteroatoms. The number of benzene rings is 4. The van der Waals surface area contributed by atoms with Gasteiger partial charge in [0.1, 0.15) is 11.5 Å². The van der Waals surface area contributed by atoms with E-state index in [2.05, 4.69) is 51.5 Å². The van der Waals surface area contributed by atoms with Gasteiger partial charge in [-0.3, -0.25) is 9.98 Å². The molecule has 40 heavy (non-hydrogen) atoms. The van der Waals surface area contributed by atoms with Gasteiger partial charge in [0.2, 0.25) is 0 Å². The second kappa shape index (κ2) is 10.9. The standard InChI is InChI=1S/C34H38N4O2/c1-33(2,3)25-11-7-9-23(31(25)39)19-37-29-16-14-21(17-28(29)36)22-13-15-27(35)30(18-22)38-20-24-10-8-12-26(32(24)40)34(4,5)6/h7-20,39-40H,35-36H2,1-6H3. The molecule has 0 saturated heterocycles. The van der Waals surface area contributed by atoms with Gasteiger partial charge >= 0.3 is 0 Å². The van der Waals surface area contributed by atoms with Gasteiger partial charge in [0, 0.05) is 23.6 Å². The monoisotopic (exact) mass is 534 g/mol.